The first-order valence-electron chi connectivity index (χ1n) is 7.62. The smallest absolute Gasteiger partial charge is 0.413 e. The van der Waals surface area contributed by atoms with Crippen molar-refractivity contribution in [3.8, 4) is 0 Å². The molecule has 1 aliphatic heterocycles. The Morgan fingerprint density at radius 3 is 2.55 bits per heavy atom. The van der Waals surface area contributed by atoms with Crippen molar-refractivity contribution in [1.82, 2.24) is 15.5 Å². The van der Waals surface area contributed by atoms with Gasteiger partial charge in [-0.1, -0.05) is 6.92 Å². The van der Waals surface area contributed by atoms with Crippen molar-refractivity contribution in [3.63, 3.8) is 0 Å². The van der Waals surface area contributed by atoms with E-state index < -0.39 is 12.0 Å². The maximum Gasteiger partial charge on any atom is 0.413 e. The highest BCUT2D eigenvalue weighted by Gasteiger charge is 2.18. The highest BCUT2D eigenvalue weighted by Crippen LogP contribution is 2.10. The lowest BCUT2D eigenvalue weighted by Gasteiger charge is -2.19. The zero-order chi connectivity index (χ0) is 16.4. The fraction of sp³-hybridized carbons (Fsp3) is 0.786. The van der Waals surface area contributed by atoms with Gasteiger partial charge in [-0.2, -0.15) is 0 Å². The first-order valence-corrected chi connectivity index (χ1v) is 7.62. The maximum absolute atomic E-state index is 11.8. The molecular weight excluding hydrogens is 290 g/mol. The lowest BCUT2D eigenvalue weighted by Crippen LogP contribution is -2.45. The van der Waals surface area contributed by atoms with E-state index in [1.54, 1.807) is 11.8 Å². The van der Waals surface area contributed by atoms with Crippen molar-refractivity contribution in [2.24, 2.45) is 0 Å². The number of nitrogens with zero attached hydrogens (tertiary/aromatic N) is 1. The SMILES string of the molecule is CCOC(=O)NC(=O)CN(CC)CC(=O)NC[C@@H]1CCCO1. The highest BCUT2D eigenvalue weighted by molar-refractivity contribution is 5.93. The molecule has 1 atom stereocenters. The van der Waals surface area contributed by atoms with Crippen LogP contribution in [0.25, 0.3) is 0 Å². The Morgan fingerprint density at radius 1 is 1.23 bits per heavy atom. The van der Waals surface area contributed by atoms with Gasteiger partial charge in [-0.3, -0.25) is 19.8 Å². The average molecular weight is 315 g/mol. The van der Waals surface area contributed by atoms with Crippen LogP contribution in [0.1, 0.15) is 26.7 Å². The Bertz CT molecular complexity index is 383. The van der Waals surface area contributed by atoms with E-state index in [-0.39, 0.29) is 31.7 Å². The topological polar surface area (TPSA) is 97.0 Å². The predicted octanol–water partition coefficient (Wildman–Crippen LogP) is -0.124. The number of rotatable bonds is 8. The van der Waals surface area contributed by atoms with E-state index >= 15 is 0 Å². The van der Waals surface area contributed by atoms with Crippen LogP contribution >= 0.6 is 0 Å². The number of carbonyl (C=O) groups excluding carboxylic acids is 3. The molecule has 0 bridgehead atoms. The lowest BCUT2D eigenvalue weighted by molar-refractivity contribution is -0.125. The minimum atomic E-state index is -0.772. The largest absolute Gasteiger partial charge is 0.450 e. The number of likely N-dealkylation sites (N-methyl/N-ethyl adjacent to an activating group) is 1. The lowest BCUT2D eigenvalue weighted by atomic mass is 10.2. The van der Waals surface area contributed by atoms with Gasteiger partial charge in [0.15, 0.2) is 0 Å². The molecule has 0 aliphatic carbocycles. The molecule has 0 radical (unpaired) electrons. The van der Waals surface area contributed by atoms with Crippen LogP contribution in [0.2, 0.25) is 0 Å². The molecule has 0 aromatic heterocycles. The minimum Gasteiger partial charge on any atom is -0.450 e. The number of carbonyl (C=O) groups is 3. The number of nitrogens with one attached hydrogen (secondary N) is 2. The summed E-state index contributed by atoms with van der Waals surface area (Å²) in [5.41, 5.74) is 0. The number of amides is 3. The molecular formula is C14H25N3O5. The van der Waals surface area contributed by atoms with Crippen LogP contribution in [0, 0.1) is 0 Å². The number of ether oxygens (including phenoxy) is 2. The van der Waals surface area contributed by atoms with Crippen LogP contribution in [0.15, 0.2) is 0 Å². The van der Waals surface area contributed by atoms with Crippen LogP contribution in [0.5, 0.6) is 0 Å². The molecule has 3 amide bonds. The molecule has 1 heterocycles. The van der Waals surface area contributed by atoms with Gasteiger partial charge in [0.05, 0.1) is 25.8 Å². The summed E-state index contributed by atoms with van der Waals surface area (Å²) in [6.45, 7) is 5.50. The third-order valence-corrected chi connectivity index (χ3v) is 3.25. The van der Waals surface area contributed by atoms with Gasteiger partial charge in [0, 0.05) is 13.2 Å². The van der Waals surface area contributed by atoms with Crippen molar-refractivity contribution < 1.29 is 23.9 Å². The van der Waals surface area contributed by atoms with E-state index in [1.165, 1.54) is 0 Å². The normalized spacial score (nSPS) is 17.3. The second kappa shape index (κ2) is 10.1. The highest BCUT2D eigenvalue weighted by atomic mass is 16.5. The fourth-order valence-corrected chi connectivity index (χ4v) is 2.10. The molecule has 8 heteroatoms. The van der Waals surface area contributed by atoms with E-state index in [2.05, 4.69) is 15.4 Å². The van der Waals surface area contributed by atoms with Crippen molar-refractivity contribution in [3.05, 3.63) is 0 Å². The van der Waals surface area contributed by atoms with Crippen LogP contribution in [0.4, 0.5) is 4.79 Å². The molecule has 1 aliphatic rings. The zero-order valence-corrected chi connectivity index (χ0v) is 13.2. The van der Waals surface area contributed by atoms with Crippen molar-refractivity contribution in [2.45, 2.75) is 32.8 Å². The summed E-state index contributed by atoms with van der Waals surface area (Å²) in [5, 5.41) is 4.90. The van der Waals surface area contributed by atoms with Crippen LogP contribution in [0.3, 0.4) is 0 Å². The zero-order valence-electron chi connectivity index (χ0n) is 13.2. The molecule has 1 fully saturated rings. The van der Waals surface area contributed by atoms with Crippen molar-refractivity contribution in [1.29, 1.82) is 0 Å². The first-order chi connectivity index (χ1) is 10.5. The number of hydrogen-bond donors (Lipinski definition) is 2. The van der Waals surface area contributed by atoms with Crippen LogP contribution < -0.4 is 10.6 Å². The fourth-order valence-electron chi connectivity index (χ4n) is 2.10. The summed E-state index contributed by atoms with van der Waals surface area (Å²) in [6, 6.07) is 0. The number of alkyl carbamates (subject to hydrolysis) is 1. The van der Waals surface area contributed by atoms with Gasteiger partial charge in [-0.05, 0) is 26.3 Å². The molecule has 0 unspecified atom stereocenters. The molecule has 0 aromatic rings. The molecule has 0 aromatic carbocycles. The predicted molar refractivity (Wildman–Crippen MR) is 79.3 cm³/mol. The van der Waals surface area contributed by atoms with Crippen molar-refractivity contribution >= 4 is 17.9 Å². The van der Waals surface area contributed by atoms with Gasteiger partial charge in [-0.15, -0.1) is 0 Å². The van der Waals surface area contributed by atoms with E-state index in [9.17, 15) is 14.4 Å². The summed E-state index contributed by atoms with van der Waals surface area (Å²) >= 11 is 0. The van der Waals surface area contributed by atoms with Crippen molar-refractivity contribution in [2.75, 3.05) is 39.4 Å². The second-order valence-corrected chi connectivity index (χ2v) is 5.01. The Hall–Kier alpha value is -1.67. The van der Waals surface area contributed by atoms with Gasteiger partial charge in [-0.25, -0.2) is 4.79 Å². The number of hydrogen-bond acceptors (Lipinski definition) is 6. The summed E-state index contributed by atoms with van der Waals surface area (Å²) in [6.07, 6.45) is 1.30. The first kappa shape index (κ1) is 18.4. The molecule has 1 rings (SSSR count). The monoisotopic (exact) mass is 315 g/mol. The molecule has 1 saturated heterocycles. The van der Waals surface area contributed by atoms with Crippen LogP contribution in [-0.4, -0.2) is 68.3 Å². The second-order valence-electron chi connectivity index (χ2n) is 5.01. The summed E-state index contributed by atoms with van der Waals surface area (Å²) in [4.78, 5) is 36.3. The molecule has 126 valence electrons. The van der Waals surface area contributed by atoms with E-state index in [0.717, 1.165) is 19.4 Å². The third kappa shape index (κ3) is 7.37. The van der Waals surface area contributed by atoms with Gasteiger partial charge in [0.25, 0.3) is 0 Å². The molecule has 8 nitrogen and oxygen atoms in total. The number of imide groups is 1. The standard InChI is InChI=1S/C14H25N3O5/c1-3-17(10-13(19)16-14(20)21-4-2)9-12(18)15-8-11-6-5-7-22-11/h11H,3-10H2,1-2H3,(H,15,18)(H,16,19,20)/t11-/m0/s1. The summed E-state index contributed by atoms with van der Waals surface area (Å²) < 4.78 is 10.0. The average Bonchev–Trinajstić information content (AvgIpc) is 2.97. The third-order valence-electron chi connectivity index (χ3n) is 3.25. The summed E-state index contributed by atoms with van der Waals surface area (Å²) in [7, 11) is 0. The maximum atomic E-state index is 11.8. The van der Waals surface area contributed by atoms with E-state index in [1.807, 2.05) is 6.92 Å². The minimum absolute atomic E-state index is 0.0390. The Kier molecular flexibility index (Phi) is 8.46. The van der Waals surface area contributed by atoms with Gasteiger partial charge in [0.2, 0.25) is 11.8 Å². The van der Waals surface area contributed by atoms with E-state index in [0.29, 0.717) is 13.1 Å². The molecule has 2 N–H and O–H groups in total. The van der Waals surface area contributed by atoms with Gasteiger partial charge >= 0.3 is 6.09 Å². The van der Waals surface area contributed by atoms with Gasteiger partial charge < -0.3 is 14.8 Å². The molecule has 0 saturated carbocycles. The Balaban J connectivity index is 2.25. The van der Waals surface area contributed by atoms with Gasteiger partial charge in [0.1, 0.15) is 0 Å². The van der Waals surface area contributed by atoms with Crippen LogP contribution in [-0.2, 0) is 19.1 Å². The molecule has 0 spiro atoms. The quantitative estimate of drug-likeness (QED) is 0.648. The Morgan fingerprint density at radius 2 is 1.95 bits per heavy atom. The Labute approximate surface area is 130 Å². The molecule has 22 heavy (non-hydrogen) atoms. The summed E-state index contributed by atoms with van der Waals surface area (Å²) in [5.74, 6) is -0.659. The van der Waals surface area contributed by atoms with E-state index in [4.69, 9.17) is 4.74 Å².